The molecule has 3 aliphatic rings. The largest absolute Gasteiger partial charge is 0.472 e. The Kier molecular flexibility index (Phi) is 12.5. The Hall–Kier alpha value is -4.98. The molecule has 15 heteroatoms. The molecule has 1 aromatic carbocycles. The van der Waals surface area contributed by atoms with Crippen LogP contribution in [0.3, 0.4) is 0 Å². The molecule has 1 aliphatic heterocycles. The van der Waals surface area contributed by atoms with Crippen molar-refractivity contribution in [1.29, 1.82) is 0 Å². The van der Waals surface area contributed by atoms with Crippen LogP contribution in [0.5, 0.6) is 5.88 Å². The van der Waals surface area contributed by atoms with E-state index in [1.165, 1.54) is 11.1 Å². The number of carbonyl (C=O) groups excluding carboxylic acids is 5. The molecular weight excluding hydrogens is 714 g/mol. The number of nitrogens with zero attached hydrogens (tertiary/aromatic N) is 3. The molecule has 0 radical (unpaired) electrons. The van der Waals surface area contributed by atoms with Crippen LogP contribution in [-0.4, -0.2) is 87.1 Å². The van der Waals surface area contributed by atoms with Crippen molar-refractivity contribution < 1.29 is 33.1 Å². The number of rotatable bonds is 16. The Morgan fingerprint density at radius 1 is 1.04 bits per heavy atom. The number of ether oxygens (including phenoxy) is 1. The first kappa shape index (κ1) is 38.7. The fourth-order valence-electron chi connectivity index (χ4n) is 7.17. The zero-order valence-corrected chi connectivity index (χ0v) is 31.4. The number of ketones is 1. The Morgan fingerprint density at radius 3 is 2.46 bits per heavy atom. The van der Waals surface area contributed by atoms with Crippen LogP contribution in [0.15, 0.2) is 59.2 Å². The number of para-hydroxylation sites is 2. The number of Topliss-reactive ketones (excluding diaryl/α,β-unsaturated/α-hetero) is 1. The molecule has 1 unspecified atom stereocenters. The summed E-state index contributed by atoms with van der Waals surface area (Å²) in [6, 6.07) is 6.54. The molecule has 54 heavy (non-hydrogen) atoms. The van der Waals surface area contributed by atoms with Crippen molar-refractivity contribution in [1.82, 2.24) is 30.8 Å². The second-order valence-corrected chi connectivity index (χ2v) is 15.0. The van der Waals surface area contributed by atoms with Crippen molar-refractivity contribution in [3.05, 3.63) is 59.8 Å². The van der Waals surface area contributed by atoms with E-state index in [0.717, 1.165) is 44.9 Å². The van der Waals surface area contributed by atoms with Gasteiger partial charge in [0.1, 0.15) is 29.7 Å². The molecule has 2 saturated carbocycles. The number of hydrogen-bond donors (Lipinski definition) is 4. The SMILES string of the molecule is C=C(C)[C@H](NC(=O)[C@@H](Nc1nc2ccccc2o1)C1CCCCC1)C(=O)N1C[C@H](Oc2ccc(Cl)cn2)C[C@H]1C(=O)NC(CCC)C(=O)C(=O)NC1CC1. The number of nitrogens with one attached hydrogen (secondary N) is 4. The van der Waals surface area contributed by atoms with Crippen LogP contribution in [0.4, 0.5) is 6.01 Å². The molecular formula is C39H48ClN7O7. The summed E-state index contributed by atoms with van der Waals surface area (Å²) < 4.78 is 12.0. The Morgan fingerprint density at radius 2 is 1.80 bits per heavy atom. The molecule has 2 aromatic heterocycles. The zero-order valence-electron chi connectivity index (χ0n) is 30.6. The van der Waals surface area contributed by atoms with Crippen LogP contribution in [0.25, 0.3) is 11.1 Å². The quantitative estimate of drug-likeness (QED) is 0.120. The topological polar surface area (TPSA) is 185 Å². The van der Waals surface area contributed by atoms with E-state index >= 15 is 0 Å². The first-order valence-electron chi connectivity index (χ1n) is 18.8. The number of likely N-dealkylation sites (tertiary alicyclic amines) is 1. The number of carbonyl (C=O) groups is 5. The third-order valence-electron chi connectivity index (χ3n) is 10.2. The van der Waals surface area contributed by atoms with Gasteiger partial charge < -0.3 is 35.3 Å². The van der Waals surface area contributed by atoms with E-state index in [0.29, 0.717) is 28.1 Å². The van der Waals surface area contributed by atoms with Gasteiger partial charge in [-0.15, -0.1) is 0 Å². The predicted molar refractivity (Wildman–Crippen MR) is 202 cm³/mol. The predicted octanol–water partition coefficient (Wildman–Crippen LogP) is 4.48. The summed E-state index contributed by atoms with van der Waals surface area (Å²) in [6.07, 6.45) is 7.80. The molecule has 0 spiro atoms. The molecule has 4 amide bonds. The highest BCUT2D eigenvalue weighted by Gasteiger charge is 2.45. The first-order chi connectivity index (χ1) is 26.0. The molecule has 3 fully saturated rings. The molecule has 2 aliphatic carbocycles. The summed E-state index contributed by atoms with van der Waals surface area (Å²) in [5.41, 5.74) is 1.58. The van der Waals surface area contributed by atoms with Gasteiger partial charge in [0.2, 0.25) is 29.4 Å². The van der Waals surface area contributed by atoms with Gasteiger partial charge in [-0.1, -0.05) is 62.9 Å². The maximum atomic E-state index is 14.5. The van der Waals surface area contributed by atoms with Gasteiger partial charge in [-0.3, -0.25) is 24.0 Å². The van der Waals surface area contributed by atoms with E-state index in [4.69, 9.17) is 20.8 Å². The third-order valence-corrected chi connectivity index (χ3v) is 10.4. The van der Waals surface area contributed by atoms with E-state index < -0.39 is 59.7 Å². The fourth-order valence-corrected chi connectivity index (χ4v) is 7.28. The number of amides is 4. The summed E-state index contributed by atoms with van der Waals surface area (Å²) in [5.74, 6) is -2.89. The van der Waals surface area contributed by atoms with Crippen molar-refractivity contribution >= 4 is 58.1 Å². The Balaban J connectivity index is 1.22. The van der Waals surface area contributed by atoms with Gasteiger partial charge in [0.15, 0.2) is 5.58 Å². The van der Waals surface area contributed by atoms with Gasteiger partial charge in [0.05, 0.1) is 17.6 Å². The molecule has 6 rings (SSSR count). The monoisotopic (exact) mass is 761 g/mol. The molecule has 5 atom stereocenters. The number of fused-ring (bicyclic) bond motifs is 1. The van der Waals surface area contributed by atoms with Gasteiger partial charge >= 0.3 is 0 Å². The Bertz CT molecular complexity index is 1820. The second-order valence-electron chi connectivity index (χ2n) is 14.6. The maximum Gasteiger partial charge on any atom is 0.296 e. The smallest absolute Gasteiger partial charge is 0.296 e. The minimum atomic E-state index is -1.20. The van der Waals surface area contributed by atoms with Crippen molar-refractivity contribution in [2.75, 3.05) is 11.9 Å². The zero-order chi connectivity index (χ0) is 38.4. The lowest BCUT2D eigenvalue weighted by Crippen LogP contribution is -2.58. The van der Waals surface area contributed by atoms with Crippen LogP contribution in [0.2, 0.25) is 5.02 Å². The maximum absolute atomic E-state index is 14.5. The Labute approximate surface area is 319 Å². The van der Waals surface area contributed by atoms with Crippen molar-refractivity contribution in [2.45, 2.75) is 114 Å². The lowest BCUT2D eigenvalue weighted by atomic mass is 9.83. The average Bonchev–Trinajstić information content (AvgIpc) is 3.72. The van der Waals surface area contributed by atoms with Crippen molar-refractivity contribution in [3.8, 4) is 5.88 Å². The fraction of sp³-hybridized carbons (Fsp3) is 0.513. The number of halogens is 1. The molecule has 4 N–H and O–H groups in total. The van der Waals surface area contributed by atoms with Gasteiger partial charge in [-0.05, 0) is 68.7 Å². The third kappa shape index (κ3) is 9.57. The molecule has 1 saturated heterocycles. The highest BCUT2D eigenvalue weighted by molar-refractivity contribution is 6.38. The minimum absolute atomic E-state index is 0.0252. The van der Waals surface area contributed by atoms with Crippen LogP contribution < -0.4 is 26.0 Å². The normalized spacial score (nSPS) is 20.4. The number of anilines is 1. The van der Waals surface area contributed by atoms with E-state index in [2.05, 4.69) is 37.8 Å². The average molecular weight is 762 g/mol. The number of benzene rings is 1. The van der Waals surface area contributed by atoms with Gasteiger partial charge in [0.25, 0.3) is 11.9 Å². The lowest BCUT2D eigenvalue weighted by molar-refractivity contribution is -0.143. The van der Waals surface area contributed by atoms with E-state index in [-0.39, 0.29) is 43.2 Å². The molecule has 0 bridgehead atoms. The highest BCUT2D eigenvalue weighted by Crippen LogP contribution is 2.30. The van der Waals surface area contributed by atoms with Crippen LogP contribution >= 0.6 is 11.6 Å². The summed E-state index contributed by atoms with van der Waals surface area (Å²) in [5, 5.41) is 12.0. The standard InChI is InChI=1S/C39H48ClN7O7/c1-4-10-28(34(48)37(51)42-25-16-17-25)43-35(49)29-19-26(53-31-18-15-24(40)20-41-31)21-47(29)38(52)32(22(2)3)45-36(50)33(23-11-6-5-7-12-23)46-39-44-27-13-8-9-14-30(27)54-39/h8-9,13-15,18,20,23,25-26,28-29,32-33H,2,4-7,10-12,16-17,19,21H2,1,3H3,(H,42,51)(H,43,49)(H,44,46)(H,45,50)/t26-,28?,29+,32+,33+/m1/s1. The van der Waals surface area contributed by atoms with E-state index in [9.17, 15) is 24.0 Å². The van der Waals surface area contributed by atoms with Gasteiger partial charge in [0, 0.05) is 24.7 Å². The molecule has 3 heterocycles. The highest BCUT2D eigenvalue weighted by atomic mass is 35.5. The van der Waals surface area contributed by atoms with Gasteiger partial charge in [-0.2, -0.15) is 4.98 Å². The van der Waals surface area contributed by atoms with E-state index in [1.54, 1.807) is 25.1 Å². The number of oxazole rings is 1. The summed E-state index contributed by atoms with van der Waals surface area (Å²) in [6.45, 7) is 7.50. The number of hydrogen-bond acceptors (Lipinski definition) is 10. The van der Waals surface area contributed by atoms with Gasteiger partial charge in [-0.25, -0.2) is 4.98 Å². The molecule has 288 valence electrons. The van der Waals surface area contributed by atoms with Crippen LogP contribution in [0, 0.1) is 5.92 Å². The van der Waals surface area contributed by atoms with Crippen molar-refractivity contribution in [3.63, 3.8) is 0 Å². The number of pyridine rings is 1. The van der Waals surface area contributed by atoms with E-state index in [1.807, 2.05) is 25.1 Å². The molecule has 14 nitrogen and oxygen atoms in total. The summed E-state index contributed by atoms with van der Waals surface area (Å²) in [4.78, 5) is 78.7. The lowest BCUT2D eigenvalue weighted by Gasteiger charge is -2.33. The first-order valence-corrected chi connectivity index (χ1v) is 19.2. The molecule has 3 aromatic rings. The summed E-state index contributed by atoms with van der Waals surface area (Å²) >= 11 is 6.02. The van der Waals surface area contributed by atoms with Crippen LogP contribution in [-0.2, 0) is 24.0 Å². The second kappa shape index (κ2) is 17.4. The van der Waals surface area contributed by atoms with Crippen LogP contribution in [0.1, 0.15) is 78.1 Å². The minimum Gasteiger partial charge on any atom is -0.472 e. The summed E-state index contributed by atoms with van der Waals surface area (Å²) in [7, 11) is 0. The number of aromatic nitrogens is 2. The van der Waals surface area contributed by atoms with Crippen molar-refractivity contribution in [2.24, 2.45) is 5.92 Å².